The zero-order valence-electron chi connectivity index (χ0n) is 10.5. The van der Waals surface area contributed by atoms with Gasteiger partial charge in [0.15, 0.2) is 0 Å². The van der Waals surface area contributed by atoms with Gasteiger partial charge in [-0.15, -0.1) is 0 Å². The lowest BCUT2D eigenvalue weighted by molar-refractivity contribution is 0.204. The number of aromatic nitrogens is 4. The Kier molecular flexibility index (Phi) is 2.89. The maximum absolute atomic E-state index is 9.09. The lowest BCUT2D eigenvalue weighted by Crippen LogP contribution is -2.33. The number of nitrogens with zero attached hydrogens (tertiary/aromatic N) is 5. The number of fused-ring (bicyclic) bond motifs is 1. The van der Waals surface area contributed by atoms with Crippen molar-refractivity contribution < 1.29 is 5.11 Å². The minimum atomic E-state index is 0.0165. The van der Waals surface area contributed by atoms with Crippen LogP contribution in [0.15, 0.2) is 18.5 Å². The van der Waals surface area contributed by atoms with Crippen LogP contribution in [0.2, 0.25) is 0 Å². The highest BCUT2D eigenvalue weighted by atomic mass is 16.3. The number of rotatable bonds is 3. The summed E-state index contributed by atoms with van der Waals surface area (Å²) in [5.74, 6) is 0. The van der Waals surface area contributed by atoms with Crippen LogP contribution in [-0.2, 0) is 33.3 Å². The molecule has 6 heteroatoms. The smallest absolute Gasteiger partial charge is 0.0882 e. The van der Waals surface area contributed by atoms with E-state index in [4.69, 9.17) is 5.11 Å². The quantitative estimate of drug-likeness (QED) is 0.837. The zero-order chi connectivity index (χ0) is 12.5. The van der Waals surface area contributed by atoms with Crippen molar-refractivity contribution in [3.63, 3.8) is 0 Å². The number of aliphatic hydroxyl groups is 1. The van der Waals surface area contributed by atoms with Crippen molar-refractivity contribution in [1.29, 1.82) is 0 Å². The Balaban J connectivity index is 1.70. The molecule has 3 rings (SSSR count). The Morgan fingerprint density at radius 2 is 2.28 bits per heavy atom. The summed E-state index contributed by atoms with van der Waals surface area (Å²) in [7, 11) is 1.93. The Hall–Kier alpha value is -1.66. The summed E-state index contributed by atoms with van der Waals surface area (Å²) in [6.45, 7) is 3.67. The van der Waals surface area contributed by atoms with Gasteiger partial charge in [-0.1, -0.05) is 0 Å². The van der Waals surface area contributed by atoms with Crippen molar-refractivity contribution in [2.75, 3.05) is 6.54 Å². The van der Waals surface area contributed by atoms with Crippen LogP contribution in [0, 0.1) is 0 Å². The molecule has 0 aliphatic carbocycles. The average Bonchev–Trinajstić information content (AvgIpc) is 2.94. The van der Waals surface area contributed by atoms with Crippen molar-refractivity contribution in [2.45, 2.75) is 26.2 Å². The molecule has 96 valence electrons. The van der Waals surface area contributed by atoms with Crippen LogP contribution in [-0.4, -0.2) is 36.1 Å². The molecule has 6 nitrogen and oxygen atoms in total. The molecule has 1 aliphatic rings. The number of aliphatic hydroxyl groups excluding tert-OH is 1. The maximum atomic E-state index is 9.09. The van der Waals surface area contributed by atoms with Gasteiger partial charge in [0.2, 0.25) is 0 Å². The molecule has 1 N–H and O–H groups in total. The molecule has 0 saturated heterocycles. The lowest BCUT2D eigenvalue weighted by atomic mass is 10.2. The molecular weight excluding hydrogens is 230 g/mol. The van der Waals surface area contributed by atoms with E-state index in [0.29, 0.717) is 0 Å². The second-order valence-electron chi connectivity index (χ2n) is 4.74. The fourth-order valence-electron chi connectivity index (χ4n) is 2.40. The molecule has 3 heterocycles. The molecule has 1 aliphatic heterocycles. The van der Waals surface area contributed by atoms with Crippen LogP contribution in [0.3, 0.4) is 0 Å². The Morgan fingerprint density at radius 3 is 3.00 bits per heavy atom. The fourth-order valence-corrected chi connectivity index (χ4v) is 2.40. The summed E-state index contributed by atoms with van der Waals surface area (Å²) in [6.07, 6.45) is 3.95. The van der Waals surface area contributed by atoms with E-state index in [-0.39, 0.29) is 6.61 Å². The van der Waals surface area contributed by atoms with Gasteiger partial charge >= 0.3 is 0 Å². The third-order valence-corrected chi connectivity index (χ3v) is 3.25. The van der Waals surface area contributed by atoms with Gasteiger partial charge in [0, 0.05) is 38.4 Å². The number of aryl methyl sites for hydroxylation is 1. The lowest BCUT2D eigenvalue weighted by Gasteiger charge is -2.26. The van der Waals surface area contributed by atoms with Gasteiger partial charge in [0.1, 0.15) is 0 Å². The van der Waals surface area contributed by atoms with Gasteiger partial charge in [-0.25, -0.2) is 0 Å². The molecule has 0 amide bonds. The van der Waals surface area contributed by atoms with Crippen molar-refractivity contribution in [3.05, 3.63) is 35.4 Å². The minimum Gasteiger partial charge on any atom is -0.390 e. The average molecular weight is 247 g/mol. The third kappa shape index (κ3) is 2.16. The Bertz CT molecular complexity index is 544. The van der Waals surface area contributed by atoms with Crippen LogP contribution in [0.5, 0.6) is 0 Å². The molecular formula is C12H17N5O. The molecule has 0 bridgehead atoms. The van der Waals surface area contributed by atoms with E-state index < -0.39 is 0 Å². The Morgan fingerprint density at radius 1 is 1.39 bits per heavy atom. The first-order valence-corrected chi connectivity index (χ1v) is 6.11. The molecule has 0 fully saturated rings. The SMILES string of the molecule is Cn1cc(CN2CCn3nc(CO)cc3C2)cn1. The highest BCUT2D eigenvalue weighted by Gasteiger charge is 2.18. The van der Waals surface area contributed by atoms with E-state index in [0.717, 1.165) is 31.9 Å². The normalized spacial score (nSPS) is 15.9. The molecule has 0 aromatic carbocycles. The maximum Gasteiger partial charge on any atom is 0.0882 e. The van der Waals surface area contributed by atoms with E-state index in [1.165, 1.54) is 11.3 Å². The predicted octanol–water partition coefficient (Wildman–Crippen LogP) is 0.125. The van der Waals surface area contributed by atoms with Crippen molar-refractivity contribution in [2.24, 2.45) is 7.05 Å². The van der Waals surface area contributed by atoms with Crippen LogP contribution >= 0.6 is 0 Å². The standard InChI is InChI=1S/C12H17N5O/c1-15-6-10(5-13-15)7-16-2-3-17-12(8-16)4-11(9-18)14-17/h4-6,18H,2-3,7-9H2,1H3. The fraction of sp³-hybridized carbons (Fsp3) is 0.500. The summed E-state index contributed by atoms with van der Waals surface area (Å²) in [4.78, 5) is 2.37. The topological polar surface area (TPSA) is 59.1 Å². The third-order valence-electron chi connectivity index (χ3n) is 3.25. The molecule has 0 radical (unpaired) electrons. The van der Waals surface area contributed by atoms with Gasteiger partial charge in [-0.3, -0.25) is 14.3 Å². The highest BCUT2D eigenvalue weighted by Crippen LogP contribution is 2.15. The summed E-state index contributed by atoms with van der Waals surface area (Å²) >= 11 is 0. The molecule has 0 unspecified atom stereocenters. The van der Waals surface area contributed by atoms with E-state index in [1.807, 2.05) is 34.9 Å². The summed E-state index contributed by atoms with van der Waals surface area (Å²) in [5.41, 5.74) is 3.16. The largest absolute Gasteiger partial charge is 0.390 e. The minimum absolute atomic E-state index is 0.0165. The van der Waals surface area contributed by atoms with E-state index >= 15 is 0 Å². The number of hydrogen-bond acceptors (Lipinski definition) is 4. The molecule has 0 spiro atoms. The zero-order valence-corrected chi connectivity index (χ0v) is 10.5. The molecule has 18 heavy (non-hydrogen) atoms. The summed E-state index contributed by atoms with van der Waals surface area (Å²) in [6, 6.07) is 1.98. The highest BCUT2D eigenvalue weighted by molar-refractivity contribution is 5.12. The van der Waals surface area contributed by atoms with Crippen molar-refractivity contribution in [3.8, 4) is 0 Å². The first-order valence-electron chi connectivity index (χ1n) is 6.11. The van der Waals surface area contributed by atoms with Gasteiger partial charge in [0.25, 0.3) is 0 Å². The molecule has 0 saturated carbocycles. The van der Waals surface area contributed by atoms with E-state index in [9.17, 15) is 0 Å². The molecule has 2 aromatic rings. The van der Waals surface area contributed by atoms with Gasteiger partial charge in [0.05, 0.1) is 30.7 Å². The monoisotopic (exact) mass is 247 g/mol. The predicted molar refractivity (Wildman–Crippen MR) is 65.5 cm³/mol. The van der Waals surface area contributed by atoms with Crippen molar-refractivity contribution in [1.82, 2.24) is 24.5 Å². The summed E-state index contributed by atoms with van der Waals surface area (Å²) in [5, 5.41) is 17.6. The van der Waals surface area contributed by atoms with Gasteiger partial charge < -0.3 is 5.11 Å². The van der Waals surface area contributed by atoms with Crippen LogP contribution in [0.25, 0.3) is 0 Å². The van der Waals surface area contributed by atoms with E-state index in [2.05, 4.69) is 15.1 Å². The first-order chi connectivity index (χ1) is 8.74. The van der Waals surface area contributed by atoms with Crippen molar-refractivity contribution >= 4 is 0 Å². The molecule has 0 atom stereocenters. The summed E-state index contributed by atoms with van der Waals surface area (Å²) < 4.78 is 3.82. The van der Waals surface area contributed by atoms with E-state index in [1.54, 1.807) is 0 Å². The van der Waals surface area contributed by atoms with Crippen LogP contribution < -0.4 is 0 Å². The van der Waals surface area contributed by atoms with Gasteiger partial charge in [-0.2, -0.15) is 10.2 Å². The first kappa shape index (κ1) is 11.4. The van der Waals surface area contributed by atoms with Crippen LogP contribution in [0.4, 0.5) is 0 Å². The second-order valence-corrected chi connectivity index (χ2v) is 4.74. The number of hydrogen-bond donors (Lipinski definition) is 1. The Labute approximate surface area is 105 Å². The van der Waals surface area contributed by atoms with Gasteiger partial charge in [-0.05, 0) is 6.07 Å². The van der Waals surface area contributed by atoms with Crippen LogP contribution in [0.1, 0.15) is 17.0 Å². The second kappa shape index (κ2) is 4.55. The molecule has 2 aromatic heterocycles.